The predicted octanol–water partition coefficient (Wildman–Crippen LogP) is 6.39. The van der Waals surface area contributed by atoms with E-state index in [-0.39, 0.29) is 0 Å². The third-order valence-corrected chi connectivity index (χ3v) is 4.57. The van der Waals surface area contributed by atoms with Gasteiger partial charge in [-0.05, 0) is 42.9 Å². The SMILES string of the molecule is C=CCC(C)=CC(C)(C)CCC(C)C(C)(C)CC. The van der Waals surface area contributed by atoms with Gasteiger partial charge in [0.2, 0.25) is 0 Å². The molecule has 0 aromatic rings. The zero-order chi connectivity index (χ0) is 14.4. The summed E-state index contributed by atoms with van der Waals surface area (Å²) >= 11 is 0. The molecule has 0 saturated heterocycles. The molecule has 0 aliphatic carbocycles. The van der Waals surface area contributed by atoms with Gasteiger partial charge in [0.05, 0.1) is 0 Å². The van der Waals surface area contributed by atoms with E-state index in [0.29, 0.717) is 10.8 Å². The van der Waals surface area contributed by atoms with Crippen LogP contribution in [0.2, 0.25) is 0 Å². The minimum atomic E-state index is 0.311. The van der Waals surface area contributed by atoms with Crippen LogP contribution in [0.4, 0.5) is 0 Å². The Morgan fingerprint density at radius 1 is 1.22 bits per heavy atom. The summed E-state index contributed by atoms with van der Waals surface area (Å²) in [5.74, 6) is 0.787. The van der Waals surface area contributed by atoms with Gasteiger partial charge in [0.25, 0.3) is 0 Å². The van der Waals surface area contributed by atoms with Crippen LogP contribution in [-0.2, 0) is 0 Å². The van der Waals surface area contributed by atoms with E-state index in [1.165, 1.54) is 24.8 Å². The Morgan fingerprint density at radius 3 is 2.22 bits per heavy atom. The third kappa shape index (κ3) is 6.42. The first-order valence-electron chi connectivity index (χ1n) is 7.44. The lowest BCUT2D eigenvalue weighted by Crippen LogP contribution is -2.22. The molecule has 0 aromatic heterocycles. The first kappa shape index (κ1) is 17.5. The average molecular weight is 250 g/mol. The number of rotatable bonds is 8. The Bertz CT molecular complexity index is 278. The predicted molar refractivity (Wildman–Crippen MR) is 84.8 cm³/mol. The van der Waals surface area contributed by atoms with Gasteiger partial charge in [0, 0.05) is 0 Å². The van der Waals surface area contributed by atoms with Crippen LogP contribution < -0.4 is 0 Å². The highest BCUT2D eigenvalue weighted by molar-refractivity contribution is 5.08. The smallest absolute Gasteiger partial charge is 0.0144 e. The van der Waals surface area contributed by atoms with Crippen LogP contribution in [0.15, 0.2) is 24.3 Å². The molecule has 1 unspecified atom stereocenters. The fourth-order valence-corrected chi connectivity index (χ4v) is 2.35. The third-order valence-electron chi connectivity index (χ3n) is 4.57. The second kappa shape index (κ2) is 7.16. The highest BCUT2D eigenvalue weighted by Crippen LogP contribution is 2.37. The summed E-state index contributed by atoms with van der Waals surface area (Å²) in [6, 6.07) is 0. The molecule has 0 rings (SSSR count). The minimum Gasteiger partial charge on any atom is -0.103 e. The Kier molecular flexibility index (Phi) is 6.96. The maximum Gasteiger partial charge on any atom is -0.0144 e. The van der Waals surface area contributed by atoms with Crippen LogP contribution in [0.1, 0.15) is 74.1 Å². The van der Waals surface area contributed by atoms with Crippen molar-refractivity contribution in [2.45, 2.75) is 74.1 Å². The van der Waals surface area contributed by atoms with Crippen molar-refractivity contribution in [1.82, 2.24) is 0 Å². The van der Waals surface area contributed by atoms with Gasteiger partial charge < -0.3 is 0 Å². The van der Waals surface area contributed by atoms with Gasteiger partial charge in [-0.2, -0.15) is 0 Å². The second-order valence-corrected chi connectivity index (χ2v) is 7.25. The van der Waals surface area contributed by atoms with Crippen LogP contribution >= 0.6 is 0 Å². The van der Waals surface area contributed by atoms with E-state index in [1.807, 2.05) is 6.08 Å². The molecule has 106 valence electrons. The topological polar surface area (TPSA) is 0 Å². The van der Waals surface area contributed by atoms with E-state index in [1.54, 1.807) is 0 Å². The van der Waals surface area contributed by atoms with E-state index < -0.39 is 0 Å². The van der Waals surface area contributed by atoms with E-state index >= 15 is 0 Å². The maximum atomic E-state index is 3.81. The first-order valence-corrected chi connectivity index (χ1v) is 7.44. The molecule has 0 heterocycles. The molecular weight excluding hydrogens is 216 g/mol. The quantitative estimate of drug-likeness (QED) is 0.438. The molecular formula is C18H34. The van der Waals surface area contributed by atoms with Gasteiger partial charge in [0.1, 0.15) is 0 Å². The van der Waals surface area contributed by atoms with Crippen molar-refractivity contribution in [3.63, 3.8) is 0 Å². The van der Waals surface area contributed by atoms with E-state index in [0.717, 1.165) is 12.3 Å². The van der Waals surface area contributed by atoms with E-state index in [2.05, 4.69) is 61.1 Å². The van der Waals surface area contributed by atoms with Crippen molar-refractivity contribution in [2.75, 3.05) is 0 Å². The van der Waals surface area contributed by atoms with Gasteiger partial charge in [-0.1, -0.05) is 65.7 Å². The monoisotopic (exact) mass is 250 g/mol. The fraction of sp³-hybridized carbons (Fsp3) is 0.778. The molecule has 0 bridgehead atoms. The lowest BCUT2D eigenvalue weighted by atomic mass is 9.73. The van der Waals surface area contributed by atoms with Crippen LogP contribution in [0.5, 0.6) is 0 Å². The molecule has 0 aliphatic heterocycles. The zero-order valence-corrected chi connectivity index (χ0v) is 13.8. The minimum absolute atomic E-state index is 0.311. The molecule has 1 atom stereocenters. The van der Waals surface area contributed by atoms with Crippen molar-refractivity contribution in [3.05, 3.63) is 24.3 Å². The molecule has 0 fully saturated rings. The van der Waals surface area contributed by atoms with Gasteiger partial charge >= 0.3 is 0 Å². The first-order chi connectivity index (χ1) is 8.14. The standard InChI is InChI=1S/C18H34/c1-9-11-15(3)14-17(5,6)13-12-16(4)18(7,8)10-2/h9,14,16H,1,10-13H2,2-8H3. The zero-order valence-electron chi connectivity index (χ0n) is 13.8. The highest BCUT2D eigenvalue weighted by Gasteiger charge is 2.25. The molecule has 0 amide bonds. The normalized spacial score (nSPS) is 15.6. The summed E-state index contributed by atoms with van der Waals surface area (Å²) in [6.07, 6.45) is 9.28. The van der Waals surface area contributed by atoms with Crippen molar-refractivity contribution in [3.8, 4) is 0 Å². The van der Waals surface area contributed by atoms with Gasteiger partial charge in [0.15, 0.2) is 0 Å². The molecule has 0 spiro atoms. The Balaban J connectivity index is 4.43. The lowest BCUT2D eigenvalue weighted by Gasteiger charge is -2.33. The molecule has 18 heavy (non-hydrogen) atoms. The number of allylic oxidation sites excluding steroid dienone is 3. The molecule has 0 N–H and O–H groups in total. The molecule has 0 radical (unpaired) electrons. The summed E-state index contributed by atoms with van der Waals surface area (Å²) in [7, 11) is 0. The molecule has 0 saturated carbocycles. The number of hydrogen-bond donors (Lipinski definition) is 0. The molecule has 0 aliphatic rings. The summed E-state index contributed by atoms with van der Waals surface area (Å²) in [5.41, 5.74) is 2.22. The Hall–Kier alpha value is -0.520. The van der Waals surface area contributed by atoms with E-state index in [9.17, 15) is 0 Å². The van der Waals surface area contributed by atoms with Crippen molar-refractivity contribution < 1.29 is 0 Å². The maximum absolute atomic E-state index is 3.81. The second-order valence-electron chi connectivity index (χ2n) is 7.25. The molecule has 0 heteroatoms. The summed E-state index contributed by atoms with van der Waals surface area (Å²) in [4.78, 5) is 0. The average Bonchev–Trinajstić information content (AvgIpc) is 2.25. The molecule has 0 aromatic carbocycles. The van der Waals surface area contributed by atoms with Crippen LogP contribution in [-0.4, -0.2) is 0 Å². The fourth-order valence-electron chi connectivity index (χ4n) is 2.35. The summed E-state index contributed by atoms with van der Waals surface area (Å²) in [5, 5.41) is 0. The molecule has 0 nitrogen and oxygen atoms in total. The van der Waals surface area contributed by atoms with Gasteiger partial charge in [-0.25, -0.2) is 0 Å². The van der Waals surface area contributed by atoms with Crippen LogP contribution in [0.25, 0.3) is 0 Å². The largest absolute Gasteiger partial charge is 0.103 e. The Labute approximate surface area is 116 Å². The van der Waals surface area contributed by atoms with Crippen molar-refractivity contribution in [1.29, 1.82) is 0 Å². The van der Waals surface area contributed by atoms with Gasteiger partial charge in [-0.15, -0.1) is 6.58 Å². The summed E-state index contributed by atoms with van der Waals surface area (Å²) < 4.78 is 0. The van der Waals surface area contributed by atoms with Crippen LogP contribution in [0.3, 0.4) is 0 Å². The van der Waals surface area contributed by atoms with Gasteiger partial charge in [-0.3, -0.25) is 0 Å². The van der Waals surface area contributed by atoms with Crippen molar-refractivity contribution >= 4 is 0 Å². The number of hydrogen-bond acceptors (Lipinski definition) is 0. The Morgan fingerprint density at radius 2 is 1.78 bits per heavy atom. The highest BCUT2D eigenvalue weighted by atomic mass is 14.3. The summed E-state index contributed by atoms with van der Waals surface area (Å²) in [6.45, 7) is 20.2. The van der Waals surface area contributed by atoms with E-state index in [4.69, 9.17) is 0 Å². The van der Waals surface area contributed by atoms with Crippen molar-refractivity contribution in [2.24, 2.45) is 16.7 Å². The van der Waals surface area contributed by atoms with Crippen LogP contribution in [0, 0.1) is 16.7 Å². The lowest BCUT2D eigenvalue weighted by molar-refractivity contribution is 0.191.